The number of methoxy groups -OCH3 is 1. The minimum absolute atomic E-state index is 0.231. The van der Waals surface area contributed by atoms with Crippen LogP contribution >= 0.6 is 7.82 Å². The number of esters is 1. The summed E-state index contributed by atoms with van der Waals surface area (Å²) >= 11 is 0. The summed E-state index contributed by atoms with van der Waals surface area (Å²) in [6, 6.07) is 6.02. The molecule has 7 nitrogen and oxygen atoms in total. The van der Waals surface area contributed by atoms with Crippen molar-refractivity contribution in [3.63, 3.8) is 0 Å². The molecule has 0 amide bonds. The Morgan fingerprint density at radius 2 is 1.73 bits per heavy atom. The Hall–Kier alpha value is -1.40. The Balaban J connectivity index is 2.68. The van der Waals surface area contributed by atoms with Crippen LogP contribution in [0, 0.1) is 0 Å². The molecule has 0 spiro atoms. The van der Waals surface area contributed by atoms with Gasteiger partial charge in [-0.3, -0.25) is 9.05 Å². The predicted octanol–water partition coefficient (Wildman–Crippen LogP) is 2.33. The molecule has 8 heteroatoms. The van der Waals surface area contributed by atoms with E-state index < -0.39 is 13.8 Å². The Kier molecular flexibility index (Phi) is 6.56. The average Bonchev–Trinajstić information content (AvgIpc) is 2.46. The van der Waals surface area contributed by atoms with Crippen LogP contribution in [0.1, 0.15) is 10.4 Å². The van der Waals surface area contributed by atoms with Gasteiger partial charge in [-0.15, -0.1) is 0 Å². The summed E-state index contributed by atoms with van der Waals surface area (Å²) in [7, 11) is 4.86. The zero-order chi connectivity index (χ0) is 16.8. The molecule has 0 bridgehead atoms. The van der Waals surface area contributed by atoms with Gasteiger partial charge in [0.25, 0.3) is 0 Å². The molecule has 0 aliphatic carbocycles. The fourth-order valence-corrected chi connectivity index (χ4v) is 2.36. The Labute approximate surface area is 130 Å². The zero-order valence-electron chi connectivity index (χ0n) is 13.6. The molecule has 124 valence electrons. The van der Waals surface area contributed by atoms with Crippen molar-refractivity contribution in [2.75, 3.05) is 48.5 Å². The average molecular weight is 332 g/mol. The largest absolute Gasteiger partial charge is 0.530 e. The maximum absolute atomic E-state index is 12.3. The Morgan fingerprint density at radius 3 is 2.18 bits per heavy atom. The zero-order valence-corrected chi connectivity index (χ0v) is 14.5. The summed E-state index contributed by atoms with van der Waals surface area (Å²) in [6.45, 7) is 0.882. The highest BCUT2D eigenvalue weighted by Gasteiger charge is 2.28. The fraction of sp³-hybridized carbons (Fsp3) is 0.500. The minimum atomic E-state index is -3.68. The molecule has 0 radical (unpaired) electrons. The van der Waals surface area contributed by atoms with Crippen molar-refractivity contribution in [3.05, 3.63) is 29.8 Å². The van der Waals surface area contributed by atoms with Crippen LogP contribution in [-0.4, -0.2) is 59.0 Å². The molecule has 1 atom stereocenters. The Bertz CT molecular complexity index is 537. The molecule has 0 saturated heterocycles. The van der Waals surface area contributed by atoms with Gasteiger partial charge in [-0.25, -0.2) is 9.36 Å². The van der Waals surface area contributed by atoms with E-state index in [1.54, 1.807) is 0 Å². The van der Waals surface area contributed by atoms with Gasteiger partial charge in [0.15, 0.2) is 0 Å². The highest BCUT2D eigenvalue weighted by atomic mass is 31.2. The molecule has 1 unspecified atom stereocenters. The lowest BCUT2D eigenvalue weighted by atomic mass is 10.2. The van der Waals surface area contributed by atoms with Crippen LogP contribution in [0.5, 0.6) is 5.75 Å². The second-order valence-corrected chi connectivity index (χ2v) is 7.28. The van der Waals surface area contributed by atoms with E-state index in [1.807, 2.05) is 21.1 Å². The van der Waals surface area contributed by atoms with Crippen molar-refractivity contribution in [2.24, 2.45) is 0 Å². The molecule has 0 aromatic heterocycles. The number of likely N-dealkylation sites (N-methyl/N-ethyl adjacent to an activating group) is 1. The lowest BCUT2D eigenvalue weighted by Crippen LogP contribution is -2.37. The van der Waals surface area contributed by atoms with Crippen LogP contribution < -0.4 is 4.52 Å². The first kappa shape index (κ1) is 18.6. The first-order valence-corrected chi connectivity index (χ1v) is 8.14. The highest BCUT2D eigenvalue weighted by molar-refractivity contribution is 7.48. The smallest absolute Gasteiger partial charge is 0.465 e. The van der Waals surface area contributed by atoms with Gasteiger partial charge in [-0.1, -0.05) is 0 Å². The molecule has 0 aliphatic rings. The van der Waals surface area contributed by atoms with Crippen molar-refractivity contribution < 1.29 is 32.2 Å². The molecule has 1 rings (SSSR count). The van der Waals surface area contributed by atoms with Crippen LogP contribution in [0.25, 0.3) is 0 Å². The number of carbonyl (C=O) groups is 1. The maximum atomic E-state index is 12.3. The molecule has 0 N–H and O–H groups in total. The number of ether oxygens (including phenoxy) is 1. The van der Waals surface area contributed by atoms with Crippen molar-refractivity contribution in [1.29, 1.82) is 0 Å². The van der Waals surface area contributed by atoms with Crippen molar-refractivity contribution in [3.8, 4) is 5.75 Å². The number of nitrogens with zero attached hydrogens (tertiary/aromatic N) is 1. The van der Waals surface area contributed by atoms with Gasteiger partial charge < -0.3 is 13.7 Å². The standard InChI is InChI=1S/C14H23NO6P/c1-15(2,3)10-11-20-22(17,19-5)21-13-8-6-12(7-9-13)14(16)18-4/h6-9H,10-11H2,1-5H3/q+1. The van der Waals surface area contributed by atoms with E-state index in [4.69, 9.17) is 13.6 Å². The van der Waals surface area contributed by atoms with E-state index in [9.17, 15) is 9.36 Å². The van der Waals surface area contributed by atoms with Gasteiger partial charge >= 0.3 is 13.8 Å². The third-order valence-electron chi connectivity index (χ3n) is 2.73. The van der Waals surface area contributed by atoms with Crippen LogP contribution in [0.2, 0.25) is 0 Å². The second kappa shape index (κ2) is 7.74. The lowest BCUT2D eigenvalue weighted by Gasteiger charge is -2.24. The molecular formula is C14H23NO6P+. The van der Waals surface area contributed by atoms with Crippen LogP contribution in [-0.2, 0) is 18.3 Å². The third kappa shape index (κ3) is 6.15. The van der Waals surface area contributed by atoms with Gasteiger partial charge in [0.1, 0.15) is 18.9 Å². The van der Waals surface area contributed by atoms with Gasteiger partial charge in [0, 0.05) is 7.11 Å². The van der Waals surface area contributed by atoms with Gasteiger partial charge in [0.2, 0.25) is 0 Å². The molecule has 0 saturated carbocycles. The SMILES string of the molecule is COC(=O)c1ccc(OP(=O)(OC)OCC[N+](C)(C)C)cc1. The predicted molar refractivity (Wildman–Crippen MR) is 81.9 cm³/mol. The molecule has 0 fully saturated rings. The normalized spacial score (nSPS) is 14.2. The summed E-state index contributed by atoms with van der Waals surface area (Å²) in [6.07, 6.45) is 0. The molecular weight excluding hydrogens is 309 g/mol. The molecule has 0 aliphatic heterocycles. The van der Waals surface area contributed by atoms with Crippen molar-refractivity contribution in [1.82, 2.24) is 0 Å². The fourth-order valence-electron chi connectivity index (χ4n) is 1.44. The van der Waals surface area contributed by atoms with E-state index in [1.165, 1.54) is 38.5 Å². The van der Waals surface area contributed by atoms with Gasteiger partial charge in [-0.05, 0) is 24.3 Å². The van der Waals surface area contributed by atoms with E-state index in [0.717, 1.165) is 0 Å². The summed E-state index contributed by atoms with van der Waals surface area (Å²) in [4.78, 5) is 11.3. The number of carbonyl (C=O) groups excluding carboxylic acids is 1. The number of benzene rings is 1. The van der Waals surface area contributed by atoms with Gasteiger partial charge in [-0.2, -0.15) is 0 Å². The number of hydrogen-bond donors (Lipinski definition) is 0. The maximum Gasteiger partial charge on any atom is 0.530 e. The van der Waals surface area contributed by atoms with Gasteiger partial charge in [0.05, 0.1) is 33.8 Å². The van der Waals surface area contributed by atoms with E-state index >= 15 is 0 Å². The Morgan fingerprint density at radius 1 is 1.14 bits per heavy atom. The molecule has 22 heavy (non-hydrogen) atoms. The summed E-state index contributed by atoms with van der Waals surface area (Å²) in [5.74, 6) is -0.177. The number of phosphoric acid groups is 1. The summed E-state index contributed by atoms with van der Waals surface area (Å²) in [5.41, 5.74) is 0.369. The number of phosphoric ester groups is 1. The molecule has 1 aromatic carbocycles. The summed E-state index contributed by atoms with van der Waals surface area (Å²) in [5, 5.41) is 0. The first-order chi connectivity index (χ1) is 10.2. The lowest BCUT2D eigenvalue weighted by molar-refractivity contribution is -0.870. The quantitative estimate of drug-likeness (QED) is 0.413. The second-order valence-electron chi connectivity index (χ2n) is 5.58. The van der Waals surface area contributed by atoms with E-state index in [0.29, 0.717) is 16.6 Å². The molecule has 0 heterocycles. The van der Waals surface area contributed by atoms with Crippen LogP contribution in [0.4, 0.5) is 0 Å². The molecule has 1 aromatic rings. The van der Waals surface area contributed by atoms with Crippen LogP contribution in [0.3, 0.4) is 0 Å². The van der Waals surface area contributed by atoms with Crippen molar-refractivity contribution >= 4 is 13.8 Å². The number of hydrogen-bond acceptors (Lipinski definition) is 6. The van der Waals surface area contributed by atoms with E-state index in [-0.39, 0.29) is 12.4 Å². The van der Waals surface area contributed by atoms with E-state index in [2.05, 4.69) is 4.74 Å². The minimum Gasteiger partial charge on any atom is -0.465 e. The van der Waals surface area contributed by atoms with Crippen LogP contribution in [0.15, 0.2) is 24.3 Å². The highest BCUT2D eigenvalue weighted by Crippen LogP contribution is 2.48. The summed E-state index contributed by atoms with van der Waals surface area (Å²) < 4.78 is 33.0. The first-order valence-electron chi connectivity index (χ1n) is 6.68. The van der Waals surface area contributed by atoms with Crippen molar-refractivity contribution in [2.45, 2.75) is 0 Å². The number of quaternary nitrogens is 1. The number of rotatable bonds is 8. The third-order valence-corrected chi connectivity index (χ3v) is 4.11. The topological polar surface area (TPSA) is 71.1 Å². The monoisotopic (exact) mass is 332 g/mol.